The summed E-state index contributed by atoms with van der Waals surface area (Å²) in [7, 11) is 0. The third-order valence-corrected chi connectivity index (χ3v) is 2.86. The fourth-order valence-electron chi connectivity index (χ4n) is 1.66. The largest absolute Gasteiger partial charge is 0.276 e. The number of carbonyl (C=O) groups is 1. The number of rotatable bonds is 2. The first-order valence-electron chi connectivity index (χ1n) is 4.50. The van der Waals surface area contributed by atoms with Crippen LogP contribution in [0.4, 0.5) is 0 Å². The first-order chi connectivity index (χ1) is 7.24. The predicted molar refractivity (Wildman–Crippen MR) is 63.7 cm³/mol. The summed E-state index contributed by atoms with van der Waals surface area (Å²) in [6.45, 7) is 0. The van der Waals surface area contributed by atoms with E-state index in [1.54, 1.807) is 6.07 Å². The maximum absolute atomic E-state index is 11.2. The van der Waals surface area contributed by atoms with Gasteiger partial charge in [-0.15, -0.1) is 11.6 Å². The van der Waals surface area contributed by atoms with Crippen LogP contribution in [-0.2, 0) is 5.88 Å². The number of hydrogen-bond donors (Lipinski definition) is 0. The van der Waals surface area contributed by atoms with Crippen molar-refractivity contribution < 1.29 is 4.79 Å². The second-order valence-corrected chi connectivity index (χ2v) is 3.84. The van der Waals surface area contributed by atoms with Crippen LogP contribution in [0.25, 0.3) is 10.8 Å². The van der Waals surface area contributed by atoms with E-state index in [4.69, 9.17) is 23.2 Å². The molecule has 0 aliphatic heterocycles. The molecule has 0 aromatic heterocycles. The third-order valence-electron chi connectivity index (χ3n) is 2.37. The Hall–Kier alpha value is -1.05. The fraction of sp³-hybridized carbons (Fsp3) is 0.0833. The Kier molecular flexibility index (Phi) is 2.94. The lowest BCUT2D eigenvalue weighted by atomic mass is 10.0. The van der Waals surface area contributed by atoms with Gasteiger partial charge in [-0.05, 0) is 34.0 Å². The molecule has 0 spiro atoms. The minimum Gasteiger partial charge on any atom is -0.276 e. The highest BCUT2D eigenvalue weighted by Crippen LogP contribution is 2.24. The van der Waals surface area contributed by atoms with Crippen molar-refractivity contribution in [2.45, 2.75) is 5.88 Å². The second-order valence-electron chi connectivity index (χ2n) is 3.23. The van der Waals surface area contributed by atoms with Crippen LogP contribution in [0, 0.1) is 0 Å². The van der Waals surface area contributed by atoms with Crippen LogP contribution in [0.3, 0.4) is 0 Å². The molecular formula is C12H8Cl2O. The molecule has 1 nitrogen and oxygen atoms in total. The zero-order valence-electron chi connectivity index (χ0n) is 7.84. The maximum atomic E-state index is 11.2. The quantitative estimate of drug-likeness (QED) is 0.572. The third kappa shape index (κ3) is 1.85. The smallest absolute Gasteiger partial charge is 0.253 e. The molecule has 0 radical (unpaired) electrons. The van der Waals surface area contributed by atoms with E-state index >= 15 is 0 Å². The summed E-state index contributed by atoms with van der Waals surface area (Å²) in [5.41, 5.74) is 1.54. The van der Waals surface area contributed by atoms with Gasteiger partial charge in [0.05, 0.1) is 0 Å². The van der Waals surface area contributed by atoms with Crippen LogP contribution < -0.4 is 0 Å². The van der Waals surface area contributed by atoms with Gasteiger partial charge in [0, 0.05) is 11.4 Å². The topological polar surface area (TPSA) is 17.1 Å². The second kappa shape index (κ2) is 4.21. The minimum absolute atomic E-state index is 0.428. The average Bonchev–Trinajstić information content (AvgIpc) is 2.27. The van der Waals surface area contributed by atoms with Gasteiger partial charge in [-0.2, -0.15) is 0 Å². The molecule has 15 heavy (non-hydrogen) atoms. The van der Waals surface area contributed by atoms with Crippen molar-refractivity contribution in [3.8, 4) is 0 Å². The molecule has 0 saturated heterocycles. The van der Waals surface area contributed by atoms with E-state index in [1.165, 1.54) is 0 Å². The minimum atomic E-state index is -0.438. The molecule has 0 unspecified atom stereocenters. The molecule has 2 aromatic rings. The molecule has 0 saturated carbocycles. The Balaban J connectivity index is 2.82. The zero-order valence-corrected chi connectivity index (χ0v) is 9.35. The van der Waals surface area contributed by atoms with Crippen LogP contribution in [0.5, 0.6) is 0 Å². The summed E-state index contributed by atoms with van der Waals surface area (Å²) in [5.74, 6) is 0.428. The SMILES string of the molecule is O=C(Cl)c1cccc2c(CCl)cccc12. The van der Waals surface area contributed by atoms with Gasteiger partial charge in [0.25, 0.3) is 5.24 Å². The van der Waals surface area contributed by atoms with Crippen molar-refractivity contribution in [2.75, 3.05) is 0 Å². The van der Waals surface area contributed by atoms with E-state index < -0.39 is 5.24 Å². The first-order valence-corrected chi connectivity index (χ1v) is 5.41. The van der Waals surface area contributed by atoms with Crippen LogP contribution in [0.2, 0.25) is 0 Å². The molecule has 0 fully saturated rings. The Bertz CT molecular complexity index is 520. The van der Waals surface area contributed by atoms with Gasteiger partial charge in [0.15, 0.2) is 0 Å². The monoisotopic (exact) mass is 238 g/mol. The van der Waals surface area contributed by atoms with E-state index in [0.29, 0.717) is 11.4 Å². The lowest BCUT2D eigenvalue weighted by Gasteiger charge is -2.05. The molecule has 76 valence electrons. The molecule has 0 N–H and O–H groups in total. The average molecular weight is 239 g/mol. The van der Waals surface area contributed by atoms with Crippen molar-refractivity contribution in [3.05, 3.63) is 47.5 Å². The number of alkyl halides is 1. The Labute approximate surface area is 97.6 Å². The van der Waals surface area contributed by atoms with E-state index in [0.717, 1.165) is 16.3 Å². The lowest BCUT2D eigenvalue weighted by Crippen LogP contribution is -1.92. The molecule has 2 rings (SSSR count). The Morgan fingerprint density at radius 2 is 1.73 bits per heavy atom. The van der Waals surface area contributed by atoms with Crippen LogP contribution in [0.15, 0.2) is 36.4 Å². The highest BCUT2D eigenvalue weighted by molar-refractivity contribution is 6.68. The van der Waals surface area contributed by atoms with Gasteiger partial charge >= 0.3 is 0 Å². The molecule has 0 bridgehead atoms. The highest BCUT2D eigenvalue weighted by atomic mass is 35.5. The van der Waals surface area contributed by atoms with Crippen molar-refractivity contribution >= 4 is 39.2 Å². The number of hydrogen-bond acceptors (Lipinski definition) is 1. The summed E-state index contributed by atoms with van der Waals surface area (Å²) in [4.78, 5) is 11.2. The van der Waals surface area contributed by atoms with Crippen LogP contribution in [0.1, 0.15) is 15.9 Å². The molecule has 0 heterocycles. The van der Waals surface area contributed by atoms with Gasteiger partial charge in [0.1, 0.15) is 0 Å². The van der Waals surface area contributed by atoms with Gasteiger partial charge in [0.2, 0.25) is 0 Å². The number of halogens is 2. The van der Waals surface area contributed by atoms with Gasteiger partial charge in [-0.3, -0.25) is 4.79 Å². The summed E-state index contributed by atoms with van der Waals surface area (Å²) >= 11 is 11.3. The number of carbonyl (C=O) groups excluding carboxylic acids is 1. The summed E-state index contributed by atoms with van der Waals surface area (Å²) in [6, 6.07) is 11.2. The molecule has 0 aliphatic carbocycles. The van der Waals surface area contributed by atoms with Crippen molar-refractivity contribution in [1.82, 2.24) is 0 Å². The molecule has 0 amide bonds. The normalized spacial score (nSPS) is 10.5. The van der Waals surface area contributed by atoms with Crippen molar-refractivity contribution in [2.24, 2.45) is 0 Å². The standard InChI is InChI=1S/C12H8Cl2O/c13-7-8-3-1-5-10-9(8)4-2-6-11(10)12(14)15/h1-6H,7H2. The summed E-state index contributed by atoms with van der Waals surface area (Å²) in [5, 5.41) is 1.40. The van der Waals surface area contributed by atoms with Gasteiger partial charge < -0.3 is 0 Å². The highest BCUT2D eigenvalue weighted by Gasteiger charge is 2.08. The van der Waals surface area contributed by atoms with E-state index in [2.05, 4.69) is 0 Å². The van der Waals surface area contributed by atoms with E-state index in [9.17, 15) is 4.79 Å². The van der Waals surface area contributed by atoms with Crippen molar-refractivity contribution in [3.63, 3.8) is 0 Å². The van der Waals surface area contributed by atoms with E-state index in [1.807, 2.05) is 30.3 Å². The summed E-state index contributed by atoms with van der Waals surface area (Å²) in [6.07, 6.45) is 0. The zero-order chi connectivity index (χ0) is 10.8. The molecule has 0 atom stereocenters. The molecule has 3 heteroatoms. The molecule has 0 aliphatic rings. The van der Waals surface area contributed by atoms with E-state index in [-0.39, 0.29) is 0 Å². The Morgan fingerprint density at radius 3 is 2.40 bits per heavy atom. The van der Waals surface area contributed by atoms with Gasteiger partial charge in [-0.25, -0.2) is 0 Å². The lowest BCUT2D eigenvalue weighted by molar-refractivity contribution is 0.108. The van der Waals surface area contributed by atoms with Crippen LogP contribution in [-0.4, -0.2) is 5.24 Å². The van der Waals surface area contributed by atoms with Gasteiger partial charge in [-0.1, -0.05) is 30.3 Å². The fourth-order valence-corrected chi connectivity index (χ4v) is 2.06. The van der Waals surface area contributed by atoms with Crippen molar-refractivity contribution in [1.29, 1.82) is 0 Å². The first kappa shape index (κ1) is 10.5. The molecular weight excluding hydrogens is 231 g/mol. The number of fused-ring (bicyclic) bond motifs is 1. The molecule has 2 aromatic carbocycles. The maximum Gasteiger partial charge on any atom is 0.253 e. The predicted octanol–water partition coefficient (Wildman–Crippen LogP) is 3.96. The summed E-state index contributed by atoms with van der Waals surface area (Å²) < 4.78 is 0. The Morgan fingerprint density at radius 1 is 1.07 bits per heavy atom. The number of benzene rings is 2. The van der Waals surface area contributed by atoms with Crippen LogP contribution >= 0.6 is 23.2 Å².